The Balaban J connectivity index is 2.69. The monoisotopic (exact) mass is 192 g/mol. The maximum Gasteiger partial charge on any atom is 0.250 e. The van der Waals surface area contributed by atoms with E-state index in [1.54, 1.807) is 18.3 Å². The highest BCUT2D eigenvalue weighted by Gasteiger charge is 2.07. The van der Waals surface area contributed by atoms with Gasteiger partial charge in [0.15, 0.2) is 0 Å². The fraction of sp³-hybridized carbons (Fsp3) is 0.455. The highest BCUT2D eigenvalue weighted by Crippen LogP contribution is 2.09. The Labute approximate surface area is 84.3 Å². The zero-order chi connectivity index (χ0) is 10.4. The molecular weight excluding hydrogens is 176 g/mol. The minimum absolute atomic E-state index is 0.385. The summed E-state index contributed by atoms with van der Waals surface area (Å²) in [6.45, 7) is 2.15. The fourth-order valence-electron chi connectivity index (χ4n) is 1.40. The van der Waals surface area contributed by atoms with Gasteiger partial charge in [-0.3, -0.25) is 9.78 Å². The van der Waals surface area contributed by atoms with Crippen molar-refractivity contribution < 1.29 is 4.79 Å². The predicted octanol–water partition coefficient (Wildman–Crippen LogP) is 1.91. The molecule has 1 aromatic rings. The third-order valence-corrected chi connectivity index (χ3v) is 2.17. The molecule has 0 saturated heterocycles. The summed E-state index contributed by atoms with van der Waals surface area (Å²) in [7, 11) is 0. The Kier molecular flexibility index (Phi) is 4.11. The lowest BCUT2D eigenvalue weighted by molar-refractivity contribution is 0.0999. The summed E-state index contributed by atoms with van der Waals surface area (Å²) in [4.78, 5) is 15.2. The van der Waals surface area contributed by atoms with E-state index in [4.69, 9.17) is 5.73 Å². The SMILES string of the molecule is CCCCCc1ncccc1C(N)=O. The van der Waals surface area contributed by atoms with Gasteiger partial charge < -0.3 is 5.73 Å². The van der Waals surface area contributed by atoms with E-state index in [-0.39, 0.29) is 5.91 Å². The lowest BCUT2D eigenvalue weighted by Gasteiger charge is -2.04. The van der Waals surface area contributed by atoms with Gasteiger partial charge in [-0.05, 0) is 25.0 Å². The Bertz CT molecular complexity index is 310. The third-order valence-electron chi connectivity index (χ3n) is 2.17. The zero-order valence-corrected chi connectivity index (χ0v) is 8.49. The average Bonchev–Trinajstić information content (AvgIpc) is 2.19. The van der Waals surface area contributed by atoms with Gasteiger partial charge in [0, 0.05) is 6.20 Å². The molecule has 1 rings (SSSR count). The molecule has 3 heteroatoms. The topological polar surface area (TPSA) is 56.0 Å². The summed E-state index contributed by atoms with van der Waals surface area (Å²) < 4.78 is 0. The number of amides is 1. The Morgan fingerprint density at radius 2 is 2.29 bits per heavy atom. The highest BCUT2D eigenvalue weighted by atomic mass is 16.1. The summed E-state index contributed by atoms with van der Waals surface area (Å²) in [5, 5.41) is 0. The van der Waals surface area contributed by atoms with Gasteiger partial charge in [0.1, 0.15) is 0 Å². The van der Waals surface area contributed by atoms with Crippen LogP contribution in [-0.4, -0.2) is 10.9 Å². The van der Waals surface area contributed by atoms with Gasteiger partial charge in [0.25, 0.3) is 5.91 Å². The summed E-state index contributed by atoms with van der Waals surface area (Å²) >= 11 is 0. The van der Waals surface area contributed by atoms with Gasteiger partial charge in [0.05, 0.1) is 11.3 Å². The number of pyridine rings is 1. The molecule has 3 nitrogen and oxygen atoms in total. The van der Waals surface area contributed by atoms with E-state index in [1.165, 1.54) is 6.42 Å². The second-order valence-corrected chi connectivity index (χ2v) is 3.32. The van der Waals surface area contributed by atoms with Crippen molar-refractivity contribution in [2.24, 2.45) is 5.73 Å². The summed E-state index contributed by atoms with van der Waals surface area (Å²) in [5.41, 5.74) is 6.63. The third kappa shape index (κ3) is 2.83. The molecule has 0 bridgehead atoms. The number of aromatic nitrogens is 1. The van der Waals surface area contributed by atoms with E-state index in [2.05, 4.69) is 11.9 Å². The molecule has 14 heavy (non-hydrogen) atoms. The summed E-state index contributed by atoms with van der Waals surface area (Å²) in [6.07, 6.45) is 5.93. The molecule has 0 atom stereocenters. The molecule has 76 valence electrons. The van der Waals surface area contributed by atoms with Crippen LogP contribution in [0.2, 0.25) is 0 Å². The molecule has 0 radical (unpaired) electrons. The smallest absolute Gasteiger partial charge is 0.250 e. The molecule has 0 spiro atoms. The van der Waals surface area contributed by atoms with E-state index < -0.39 is 0 Å². The van der Waals surface area contributed by atoms with Gasteiger partial charge >= 0.3 is 0 Å². The number of unbranched alkanes of at least 4 members (excludes halogenated alkanes) is 2. The highest BCUT2D eigenvalue weighted by molar-refractivity contribution is 5.93. The molecule has 0 saturated carbocycles. The van der Waals surface area contributed by atoms with Gasteiger partial charge in [-0.1, -0.05) is 19.8 Å². The van der Waals surface area contributed by atoms with Crippen LogP contribution in [0.4, 0.5) is 0 Å². The number of carbonyl (C=O) groups excluding carboxylic acids is 1. The van der Waals surface area contributed by atoms with E-state index in [9.17, 15) is 4.79 Å². The number of carbonyl (C=O) groups is 1. The standard InChI is InChI=1S/C11H16N2O/c1-2-3-4-7-10-9(11(12)14)6-5-8-13-10/h5-6,8H,2-4,7H2,1H3,(H2,12,14). The van der Waals surface area contributed by atoms with Crippen LogP contribution in [0.5, 0.6) is 0 Å². The van der Waals surface area contributed by atoms with Crippen LogP contribution in [0.25, 0.3) is 0 Å². The first-order valence-electron chi connectivity index (χ1n) is 4.99. The molecule has 1 aromatic heterocycles. The lowest BCUT2D eigenvalue weighted by atomic mass is 10.1. The second-order valence-electron chi connectivity index (χ2n) is 3.32. The van der Waals surface area contributed by atoms with E-state index in [0.717, 1.165) is 25.0 Å². The minimum atomic E-state index is -0.385. The van der Waals surface area contributed by atoms with Crippen molar-refractivity contribution in [2.45, 2.75) is 32.6 Å². The maximum absolute atomic E-state index is 11.0. The molecule has 1 heterocycles. The molecule has 0 fully saturated rings. The lowest BCUT2D eigenvalue weighted by Crippen LogP contribution is -2.14. The van der Waals surface area contributed by atoms with Crippen molar-refractivity contribution in [1.29, 1.82) is 0 Å². The van der Waals surface area contributed by atoms with Crippen LogP contribution < -0.4 is 5.73 Å². The van der Waals surface area contributed by atoms with Crippen LogP contribution in [-0.2, 0) is 6.42 Å². The first kappa shape index (κ1) is 10.7. The summed E-state index contributed by atoms with van der Waals surface area (Å²) in [5.74, 6) is -0.385. The Hall–Kier alpha value is -1.38. The Morgan fingerprint density at radius 1 is 1.50 bits per heavy atom. The number of nitrogens with zero attached hydrogens (tertiary/aromatic N) is 1. The normalized spacial score (nSPS) is 10.1. The number of hydrogen-bond donors (Lipinski definition) is 1. The second kappa shape index (κ2) is 5.37. The molecule has 0 aliphatic carbocycles. The van der Waals surface area contributed by atoms with Crippen molar-refractivity contribution in [3.8, 4) is 0 Å². The van der Waals surface area contributed by atoms with Crippen molar-refractivity contribution in [2.75, 3.05) is 0 Å². The largest absolute Gasteiger partial charge is 0.366 e. The molecule has 0 aliphatic rings. The summed E-state index contributed by atoms with van der Waals surface area (Å²) in [6, 6.07) is 3.47. The van der Waals surface area contributed by atoms with Crippen molar-refractivity contribution >= 4 is 5.91 Å². The van der Waals surface area contributed by atoms with E-state index in [1.807, 2.05) is 0 Å². The number of aryl methyl sites for hydroxylation is 1. The molecule has 0 aromatic carbocycles. The zero-order valence-electron chi connectivity index (χ0n) is 8.49. The Morgan fingerprint density at radius 3 is 2.93 bits per heavy atom. The predicted molar refractivity (Wildman–Crippen MR) is 56.0 cm³/mol. The van der Waals surface area contributed by atoms with Crippen LogP contribution in [0.1, 0.15) is 42.2 Å². The maximum atomic E-state index is 11.0. The van der Waals surface area contributed by atoms with Crippen LogP contribution in [0.3, 0.4) is 0 Å². The number of hydrogen-bond acceptors (Lipinski definition) is 2. The molecule has 0 unspecified atom stereocenters. The van der Waals surface area contributed by atoms with Crippen molar-refractivity contribution in [1.82, 2.24) is 4.98 Å². The molecule has 1 amide bonds. The molecule has 2 N–H and O–H groups in total. The number of nitrogens with two attached hydrogens (primary N) is 1. The van der Waals surface area contributed by atoms with Gasteiger partial charge in [-0.15, -0.1) is 0 Å². The van der Waals surface area contributed by atoms with Crippen LogP contribution in [0.15, 0.2) is 18.3 Å². The van der Waals surface area contributed by atoms with Gasteiger partial charge in [-0.25, -0.2) is 0 Å². The minimum Gasteiger partial charge on any atom is -0.366 e. The van der Waals surface area contributed by atoms with Crippen molar-refractivity contribution in [3.05, 3.63) is 29.6 Å². The quantitative estimate of drug-likeness (QED) is 0.724. The van der Waals surface area contributed by atoms with Gasteiger partial charge in [-0.2, -0.15) is 0 Å². The molecule has 0 aliphatic heterocycles. The number of rotatable bonds is 5. The van der Waals surface area contributed by atoms with Crippen LogP contribution >= 0.6 is 0 Å². The average molecular weight is 192 g/mol. The van der Waals surface area contributed by atoms with Crippen LogP contribution in [0, 0.1) is 0 Å². The number of primary amides is 1. The first-order valence-corrected chi connectivity index (χ1v) is 4.99. The first-order chi connectivity index (χ1) is 6.75. The van der Waals surface area contributed by atoms with E-state index in [0.29, 0.717) is 5.56 Å². The molecular formula is C11H16N2O. The van der Waals surface area contributed by atoms with E-state index >= 15 is 0 Å². The van der Waals surface area contributed by atoms with Gasteiger partial charge in [0.2, 0.25) is 0 Å². The van der Waals surface area contributed by atoms with Crippen molar-refractivity contribution in [3.63, 3.8) is 0 Å². The fourth-order valence-corrected chi connectivity index (χ4v) is 1.40.